The number of nitrogens with zero attached hydrogens (tertiary/aromatic N) is 3. The van der Waals surface area contributed by atoms with Crippen molar-refractivity contribution >= 4 is 22.6 Å². The first-order valence-corrected chi connectivity index (χ1v) is 12.5. The van der Waals surface area contributed by atoms with Gasteiger partial charge in [-0.3, -0.25) is 9.69 Å². The fraction of sp³-hybridized carbons (Fsp3) is 0.429. The van der Waals surface area contributed by atoms with Gasteiger partial charge in [-0.2, -0.15) is 0 Å². The topological polar surface area (TPSA) is 57.7 Å². The van der Waals surface area contributed by atoms with Crippen LogP contribution in [-0.2, 0) is 17.8 Å². The number of hydrogen-bond donors (Lipinski definition) is 1. The van der Waals surface area contributed by atoms with E-state index in [1.54, 1.807) is 0 Å². The average Bonchev–Trinajstić information content (AvgIpc) is 2.88. The number of aromatic nitrogens is 1. The molecule has 1 N–H and O–H groups in total. The van der Waals surface area contributed by atoms with Gasteiger partial charge in [-0.1, -0.05) is 49.4 Å². The van der Waals surface area contributed by atoms with Crippen LogP contribution in [0.25, 0.3) is 10.9 Å². The molecule has 2 fully saturated rings. The molecule has 1 unspecified atom stereocenters. The van der Waals surface area contributed by atoms with E-state index in [-0.39, 0.29) is 5.91 Å². The lowest BCUT2D eigenvalue weighted by Crippen LogP contribution is -2.40. The maximum Gasteiger partial charge on any atom is 0.254 e. The van der Waals surface area contributed by atoms with E-state index < -0.39 is 0 Å². The molecule has 3 heterocycles. The Kier molecular flexibility index (Phi) is 7.07. The van der Waals surface area contributed by atoms with Crippen LogP contribution in [0.3, 0.4) is 0 Å². The molecule has 0 radical (unpaired) electrons. The molecular formula is C28H34N4O2. The van der Waals surface area contributed by atoms with Crippen LogP contribution in [0.15, 0.2) is 54.6 Å². The van der Waals surface area contributed by atoms with Crippen molar-refractivity contribution < 1.29 is 9.53 Å². The third kappa shape index (κ3) is 5.24. The molecule has 6 heteroatoms. The van der Waals surface area contributed by atoms with Crippen molar-refractivity contribution in [3.8, 4) is 0 Å². The van der Waals surface area contributed by atoms with Gasteiger partial charge in [0.25, 0.3) is 5.91 Å². The van der Waals surface area contributed by atoms with Crippen LogP contribution in [0.5, 0.6) is 0 Å². The monoisotopic (exact) mass is 458 g/mol. The summed E-state index contributed by atoms with van der Waals surface area (Å²) in [5.74, 6) is 1.55. The van der Waals surface area contributed by atoms with Crippen molar-refractivity contribution in [3.05, 3.63) is 71.3 Å². The summed E-state index contributed by atoms with van der Waals surface area (Å²) in [6, 6.07) is 18.4. The third-order valence-electron chi connectivity index (χ3n) is 6.96. The number of morpholine rings is 1. The Morgan fingerprint density at radius 2 is 1.82 bits per heavy atom. The molecule has 2 saturated heterocycles. The van der Waals surface area contributed by atoms with E-state index in [0.29, 0.717) is 38.4 Å². The van der Waals surface area contributed by atoms with Crippen molar-refractivity contribution in [1.82, 2.24) is 14.8 Å². The fourth-order valence-electron chi connectivity index (χ4n) is 5.12. The molecular weight excluding hydrogens is 424 g/mol. The molecule has 2 aliphatic heterocycles. The maximum absolute atomic E-state index is 13.4. The van der Waals surface area contributed by atoms with Crippen LogP contribution in [0.4, 0.5) is 5.82 Å². The van der Waals surface area contributed by atoms with Crippen molar-refractivity contribution in [3.63, 3.8) is 0 Å². The number of nitrogens with one attached hydrogen (secondary N) is 1. The van der Waals surface area contributed by atoms with E-state index in [1.807, 2.05) is 35.2 Å². The summed E-state index contributed by atoms with van der Waals surface area (Å²) < 4.78 is 5.43. The summed E-state index contributed by atoms with van der Waals surface area (Å²) in [5, 5.41) is 4.41. The zero-order chi connectivity index (χ0) is 23.3. The van der Waals surface area contributed by atoms with E-state index in [2.05, 4.69) is 41.4 Å². The van der Waals surface area contributed by atoms with Crippen molar-refractivity contribution in [2.45, 2.75) is 32.9 Å². The number of ether oxygens (including phenoxy) is 1. The quantitative estimate of drug-likeness (QED) is 0.587. The minimum Gasteiger partial charge on any atom is -0.378 e. The molecule has 1 amide bonds. The molecule has 0 aliphatic carbocycles. The van der Waals surface area contributed by atoms with Gasteiger partial charge in [-0.25, -0.2) is 4.98 Å². The zero-order valence-electron chi connectivity index (χ0n) is 20.0. The number of para-hydroxylation sites is 1. The first-order chi connectivity index (χ1) is 16.7. The van der Waals surface area contributed by atoms with Gasteiger partial charge >= 0.3 is 0 Å². The van der Waals surface area contributed by atoms with Crippen molar-refractivity contribution in [2.75, 3.05) is 44.7 Å². The molecule has 34 heavy (non-hydrogen) atoms. The lowest BCUT2D eigenvalue weighted by atomic mass is 9.99. The molecule has 1 atom stereocenters. The van der Waals surface area contributed by atoms with Gasteiger partial charge < -0.3 is 15.0 Å². The Balaban J connectivity index is 1.36. The molecule has 0 bridgehead atoms. The summed E-state index contributed by atoms with van der Waals surface area (Å²) in [7, 11) is 0. The van der Waals surface area contributed by atoms with Crippen molar-refractivity contribution in [2.24, 2.45) is 5.92 Å². The minimum absolute atomic E-state index is 0.0459. The number of likely N-dealkylation sites (tertiary alicyclic amines) is 1. The number of carbonyl (C=O) groups excluding carboxylic acids is 1. The number of carbonyl (C=O) groups is 1. The van der Waals surface area contributed by atoms with Gasteiger partial charge in [0.2, 0.25) is 0 Å². The smallest absolute Gasteiger partial charge is 0.254 e. The second kappa shape index (κ2) is 10.5. The molecule has 2 aromatic carbocycles. The highest BCUT2D eigenvalue weighted by molar-refractivity contribution is 6.07. The number of piperidine rings is 1. The average molecular weight is 459 g/mol. The first-order valence-electron chi connectivity index (χ1n) is 12.5. The standard InChI is InChI=1S/C28H34N4O2/c1-21-7-6-12-31(19-21)20-23-9-3-2-8-22(23)18-29-27-17-25(24-10-4-5-11-26(24)30-27)28(33)32-13-15-34-16-14-32/h2-5,8-11,17,21H,6-7,12-16,18-20H2,1H3,(H,29,30). The van der Waals surface area contributed by atoms with E-state index in [1.165, 1.54) is 37.1 Å². The van der Waals surface area contributed by atoms with E-state index in [9.17, 15) is 4.79 Å². The molecule has 1 aromatic heterocycles. The number of fused-ring (bicyclic) bond motifs is 1. The zero-order valence-corrected chi connectivity index (χ0v) is 20.0. The first kappa shape index (κ1) is 22.8. The second-order valence-electron chi connectivity index (χ2n) is 9.58. The lowest BCUT2D eigenvalue weighted by Gasteiger charge is -2.31. The number of amides is 1. The maximum atomic E-state index is 13.4. The van der Waals surface area contributed by atoms with Gasteiger partial charge in [0.15, 0.2) is 0 Å². The van der Waals surface area contributed by atoms with E-state index >= 15 is 0 Å². The van der Waals surface area contributed by atoms with Crippen LogP contribution < -0.4 is 5.32 Å². The van der Waals surface area contributed by atoms with Crippen LogP contribution >= 0.6 is 0 Å². The second-order valence-corrected chi connectivity index (χ2v) is 9.58. The van der Waals surface area contributed by atoms with Gasteiger partial charge in [0, 0.05) is 38.1 Å². The van der Waals surface area contributed by atoms with Crippen LogP contribution in [0, 0.1) is 5.92 Å². The third-order valence-corrected chi connectivity index (χ3v) is 6.96. The number of benzene rings is 2. The van der Waals surface area contributed by atoms with Crippen LogP contribution in [0.1, 0.15) is 41.3 Å². The highest BCUT2D eigenvalue weighted by Crippen LogP contribution is 2.24. The minimum atomic E-state index is 0.0459. The van der Waals surface area contributed by atoms with Gasteiger partial charge in [-0.15, -0.1) is 0 Å². The molecule has 2 aliphatic rings. The Hall–Kier alpha value is -2.96. The van der Waals surface area contributed by atoms with Crippen LogP contribution in [0.2, 0.25) is 0 Å². The lowest BCUT2D eigenvalue weighted by molar-refractivity contribution is 0.0304. The van der Waals surface area contributed by atoms with E-state index in [4.69, 9.17) is 9.72 Å². The summed E-state index contributed by atoms with van der Waals surface area (Å²) in [4.78, 5) is 22.6. The number of rotatable bonds is 6. The van der Waals surface area contributed by atoms with Gasteiger partial charge in [-0.05, 0) is 48.6 Å². The number of hydrogen-bond acceptors (Lipinski definition) is 5. The highest BCUT2D eigenvalue weighted by Gasteiger charge is 2.22. The fourth-order valence-corrected chi connectivity index (χ4v) is 5.12. The summed E-state index contributed by atoms with van der Waals surface area (Å²) in [6.45, 7) is 8.78. The summed E-state index contributed by atoms with van der Waals surface area (Å²) in [6.07, 6.45) is 2.61. The Bertz CT molecular complexity index is 1140. The SMILES string of the molecule is CC1CCCN(Cc2ccccc2CNc2cc(C(=O)N3CCOCC3)c3ccccc3n2)C1. The van der Waals surface area contributed by atoms with E-state index in [0.717, 1.165) is 29.2 Å². The largest absolute Gasteiger partial charge is 0.378 e. The molecule has 5 rings (SSSR count). The summed E-state index contributed by atoms with van der Waals surface area (Å²) >= 11 is 0. The number of anilines is 1. The normalized spacial score (nSPS) is 19.3. The summed E-state index contributed by atoms with van der Waals surface area (Å²) in [5.41, 5.74) is 4.16. The van der Waals surface area contributed by atoms with Gasteiger partial charge in [0.1, 0.15) is 5.82 Å². The highest BCUT2D eigenvalue weighted by atomic mass is 16.5. The Morgan fingerprint density at radius 1 is 1.06 bits per heavy atom. The molecule has 0 spiro atoms. The molecule has 3 aromatic rings. The van der Waals surface area contributed by atoms with Gasteiger partial charge in [0.05, 0.1) is 24.3 Å². The molecule has 0 saturated carbocycles. The predicted octanol–water partition coefficient (Wildman–Crippen LogP) is 4.55. The predicted molar refractivity (Wildman–Crippen MR) is 136 cm³/mol. The molecule has 178 valence electrons. The Morgan fingerprint density at radius 3 is 2.65 bits per heavy atom. The van der Waals surface area contributed by atoms with Crippen molar-refractivity contribution in [1.29, 1.82) is 0 Å². The Labute approximate surface area is 201 Å². The molecule has 6 nitrogen and oxygen atoms in total. The number of pyridine rings is 1. The van der Waals surface area contributed by atoms with Crippen LogP contribution in [-0.4, -0.2) is 60.1 Å².